The summed E-state index contributed by atoms with van der Waals surface area (Å²) < 4.78 is 0. The van der Waals surface area contributed by atoms with Gasteiger partial charge in [0, 0.05) is 11.4 Å². The molecular weight excluding hydrogens is 190 g/mol. The number of hydrogen-bond donors (Lipinski definition) is 2. The highest BCUT2D eigenvalue weighted by molar-refractivity contribution is 5.83. The predicted octanol–water partition coefficient (Wildman–Crippen LogP) is 1.20. The topological polar surface area (TPSA) is 57.8 Å². The van der Waals surface area contributed by atoms with Gasteiger partial charge in [-0.15, -0.1) is 0 Å². The van der Waals surface area contributed by atoms with Crippen molar-refractivity contribution >= 4 is 10.8 Å². The van der Waals surface area contributed by atoms with Gasteiger partial charge in [-0.1, -0.05) is 18.2 Å². The minimum atomic E-state index is -0.141. The number of aromatic amines is 1. The van der Waals surface area contributed by atoms with Gasteiger partial charge in [0.15, 0.2) is 0 Å². The molecule has 0 aliphatic heterocycles. The number of hydrogen-bond acceptors (Lipinski definition) is 3. The smallest absolute Gasteiger partial charge is 0.272 e. The molecule has 1 aromatic heterocycles. The molecule has 0 amide bonds. The second-order valence-corrected chi connectivity index (χ2v) is 3.49. The van der Waals surface area contributed by atoms with E-state index >= 15 is 0 Å². The van der Waals surface area contributed by atoms with Crippen LogP contribution in [0.4, 0.5) is 0 Å². The van der Waals surface area contributed by atoms with E-state index in [9.17, 15) is 4.79 Å². The van der Waals surface area contributed by atoms with Crippen molar-refractivity contribution in [3.8, 4) is 0 Å². The summed E-state index contributed by atoms with van der Waals surface area (Å²) in [4.78, 5) is 11.5. The van der Waals surface area contributed by atoms with E-state index in [-0.39, 0.29) is 11.6 Å². The summed E-state index contributed by atoms with van der Waals surface area (Å²) in [7, 11) is 1.87. The highest BCUT2D eigenvalue weighted by atomic mass is 16.1. The molecule has 78 valence electrons. The Morgan fingerprint density at radius 2 is 2.00 bits per heavy atom. The van der Waals surface area contributed by atoms with Crippen LogP contribution in [0.1, 0.15) is 18.7 Å². The van der Waals surface area contributed by atoms with Crippen molar-refractivity contribution in [1.82, 2.24) is 15.5 Å². The van der Waals surface area contributed by atoms with Gasteiger partial charge in [0.1, 0.15) is 0 Å². The van der Waals surface area contributed by atoms with Crippen LogP contribution in [-0.4, -0.2) is 17.2 Å². The number of fused-ring (bicyclic) bond motifs is 1. The molecule has 0 aliphatic rings. The van der Waals surface area contributed by atoms with Crippen molar-refractivity contribution in [3.63, 3.8) is 0 Å². The standard InChI is InChI=1S/C11H13N3O/c1-7(12-2)10-8-5-3-4-6-9(8)11(15)14-13-10/h3-7,12H,1-2H3,(H,14,15). The monoisotopic (exact) mass is 203 g/mol. The predicted molar refractivity (Wildman–Crippen MR) is 59.8 cm³/mol. The second-order valence-electron chi connectivity index (χ2n) is 3.49. The van der Waals surface area contributed by atoms with Gasteiger partial charge < -0.3 is 5.32 Å². The minimum Gasteiger partial charge on any atom is -0.312 e. The number of nitrogens with zero attached hydrogens (tertiary/aromatic N) is 1. The van der Waals surface area contributed by atoms with E-state index < -0.39 is 0 Å². The molecule has 1 aromatic carbocycles. The fourth-order valence-corrected chi connectivity index (χ4v) is 1.60. The number of benzene rings is 1. The fraction of sp³-hybridized carbons (Fsp3) is 0.273. The van der Waals surface area contributed by atoms with Gasteiger partial charge in [0.05, 0.1) is 11.1 Å². The maximum absolute atomic E-state index is 11.5. The SMILES string of the molecule is CNC(C)c1n[nH]c(=O)c2ccccc12. The Morgan fingerprint density at radius 3 is 2.67 bits per heavy atom. The molecule has 0 aliphatic carbocycles. The van der Waals surface area contributed by atoms with Crippen LogP contribution in [0.3, 0.4) is 0 Å². The maximum Gasteiger partial charge on any atom is 0.272 e. The van der Waals surface area contributed by atoms with Crippen LogP contribution in [0.2, 0.25) is 0 Å². The molecule has 1 heterocycles. The van der Waals surface area contributed by atoms with E-state index in [1.165, 1.54) is 0 Å². The molecule has 1 unspecified atom stereocenters. The second kappa shape index (κ2) is 3.82. The van der Waals surface area contributed by atoms with E-state index in [2.05, 4.69) is 15.5 Å². The van der Waals surface area contributed by atoms with Crippen LogP contribution < -0.4 is 10.9 Å². The van der Waals surface area contributed by atoms with Gasteiger partial charge in [-0.25, -0.2) is 5.10 Å². The van der Waals surface area contributed by atoms with Gasteiger partial charge >= 0.3 is 0 Å². The molecule has 0 fully saturated rings. The zero-order valence-electron chi connectivity index (χ0n) is 8.74. The first kappa shape index (κ1) is 9.86. The molecule has 2 N–H and O–H groups in total. The molecule has 2 rings (SSSR count). The fourth-order valence-electron chi connectivity index (χ4n) is 1.60. The Morgan fingerprint density at radius 1 is 1.33 bits per heavy atom. The molecule has 0 radical (unpaired) electrons. The van der Waals surface area contributed by atoms with Crippen molar-refractivity contribution in [2.45, 2.75) is 13.0 Å². The summed E-state index contributed by atoms with van der Waals surface area (Å²) in [5, 5.41) is 11.3. The third kappa shape index (κ3) is 1.64. The van der Waals surface area contributed by atoms with E-state index in [0.29, 0.717) is 5.39 Å². The van der Waals surface area contributed by atoms with Crippen molar-refractivity contribution in [2.75, 3.05) is 7.05 Å². The number of H-pyrrole nitrogens is 1. The van der Waals surface area contributed by atoms with Crippen LogP contribution in [0.5, 0.6) is 0 Å². The maximum atomic E-state index is 11.5. The molecule has 0 saturated carbocycles. The first-order valence-electron chi connectivity index (χ1n) is 4.88. The zero-order valence-corrected chi connectivity index (χ0v) is 8.74. The number of aromatic nitrogens is 2. The summed E-state index contributed by atoms with van der Waals surface area (Å²) in [6, 6.07) is 7.61. The van der Waals surface area contributed by atoms with Crippen LogP contribution >= 0.6 is 0 Å². The quantitative estimate of drug-likeness (QED) is 0.771. The van der Waals surface area contributed by atoms with E-state index in [4.69, 9.17) is 0 Å². The summed E-state index contributed by atoms with van der Waals surface area (Å²) >= 11 is 0. The third-order valence-corrected chi connectivity index (χ3v) is 2.57. The average molecular weight is 203 g/mol. The minimum absolute atomic E-state index is 0.117. The Hall–Kier alpha value is -1.68. The van der Waals surface area contributed by atoms with E-state index in [1.807, 2.05) is 38.2 Å². The summed E-state index contributed by atoms with van der Waals surface area (Å²) in [5.41, 5.74) is 0.727. The first-order chi connectivity index (χ1) is 7.24. The number of rotatable bonds is 2. The molecule has 0 spiro atoms. The lowest BCUT2D eigenvalue weighted by atomic mass is 10.1. The van der Waals surface area contributed by atoms with Gasteiger partial charge in [-0.05, 0) is 20.0 Å². The van der Waals surface area contributed by atoms with Crippen LogP contribution in [-0.2, 0) is 0 Å². The summed E-state index contributed by atoms with van der Waals surface area (Å²) in [6.45, 7) is 2.01. The molecule has 4 heteroatoms. The molecule has 15 heavy (non-hydrogen) atoms. The highest BCUT2D eigenvalue weighted by Gasteiger charge is 2.10. The normalized spacial score (nSPS) is 12.9. The van der Waals surface area contributed by atoms with Gasteiger partial charge in [0.2, 0.25) is 0 Å². The Kier molecular flexibility index (Phi) is 2.51. The van der Waals surface area contributed by atoms with Gasteiger partial charge in [-0.3, -0.25) is 4.79 Å². The van der Waals surface area contributed by atoms with Crippen LogP contribution in [0.25, 0.3) is 10.8 Å². The highest BCUT2D eigenvalue weighted by Crippen LogP contribution is 2.17. The molecular formula is C11H13N3O. The summed E-state index contributed by atoms with van der Waals surface area (Å²) in [6.07, 6.45) is 0. The van der Waals surface area contributed by atoms with Crippen molar-refractivity contribution in [2.24, 2.45) is 0 Å². The molecule has 4 nitrogen and oxygen atoms in total. The lowest BCUT2D eigenvalue weighted by molar-refractivity contribution is 0.627. The van der Waals surface area contributed by atoms with Crippen LogP contribution in [0.15, 0.2) is 29.1 Å². The molecule has 2 aromatic rings. The molecule has 0 saturated heterocycles. The Balaban J connectivity index is 2.77. The van der Waals surface area contributed by atoms with Crippen molar-refractivity contribution < 1.29 is 0 Å². The van der Waals surface area contributed by atoms with Crippen LogP contribution in [0, 0.1) is 0 Å². The lowest BCUT2D eigenvalue weighted by Gasteiger charge is -2.11. The Labute approximate surface area is 87.3 Å². The van der Waals surface area contributed by atoms with E-state index in [1.54, 1.807) is 0 Å². The van der Waals surface area contributed by atoms with E-state index in [0.717, 1.165) is 11.1 Å². The number of nitrogens with one attached hydrogen (secondary N) is 2. The van der Waals surface area contributed by atoms with Gasteiger partial charge in [-0.2, -0.15) is 5.10 Å². The third-order valence-electron chi connectivity index (χ3n) is 2.57. The largest absolute Gasteiger partial charge is 0.312 e. The summed E-state index contributed by atoms with van der Waals surface area (Å²) in [5.74, 6) is 0. The van der Waals surface area contributed by atoms with Gasteiger partial charge in [0.25, 0.3) is 5.56 Å². The van der Waals surface area contributed by atoms with Crippen molar-refractivity contribution in [3.05, 3.63) is 40.3 Å². The Bertz CT molecular complexity index is 533. The molecule has 0 bridgehead atoms. The lowest BCUT2D eigenvalue weighted by Crippen LogP contribution is -2.18. The molecule has 1 atom stereocenters. The van der Waals surface area contributed by atoms with Crippen molar-refractivity contribution in [1.29, 1.82) is 0 Å². The average Bonchev–Trinajstić information content (AvgIpc) is 2.29. The zero-order chi connectivity index (χ0) is 10.8. The first-order valence-corrected chi connectivity index (χ1v) is 4.88.